The number of para-hydroxylation sites is 2. The van der Waals surface area contributed by atoms with Gasteiger partial charge in [-0.25, -0.2) is 4.98 Å². The molecule has 1 atom stereocenters. The van der Waals surface area contributed by atoms with Crippen LogP contribution in [0.15, 0.2) is 29.4 Å². The summed E-state index contributed by atoms with van der Waals surface area (Å²) in [6, 6.07) is 7.61. The van der Waals surface area contributed by atoms with Crippen molar-refractivity contribution in [3.63, 3.8) is 0 Å². The third kappa shape index (κ3) is 1.69. The molecule has 0 bridgehead atoms. The van der Waals surface area contributed by atoms with Crippen molar-refractivity contribution in [2.75, 3.05) is 12.3 Å². The van der Waals surface area contributed by atoms with Gasteiger partial charge >= 0.3 is 0 Å². The third-order valence-electron chi connectivity index (χ3n) is 1.89. The van der Waals surface area contributed by atoms with Gasteiger partial charge in [0.1, 0.15) is 0 Å². The second kappa shape index (κ2) is 3.89. The van der Waals surface area contributed by atoms with Crippen molar-refractivity contribution in [3.8, 4) is 0 Å². The molecule has 1 aromatic heterocycles. The molecule has 0 aliphatic heterocycles. The number of fused-ring (bicyclic) bond motifs is 1. The molecule has 74 valence electrons. The van der Waals surface area contributed by atoms with Gasteiger partial charge in [0.2, 0.25) is 0 Å². The third-order valence-corrected chi connectivity index (χ3v) is 3.12. The van der Waals surface area contributed by atoms with Gasteiger partial charge in [0.05, 0.1) is 21.8 Å². The van der Waals surface area contributed by atoms with Crippen LogP contribution in [-0.4, -0.2) is 26.5 Å². The summed E-state index contributed by atoms with van der Waals surface area (Å²) in [5, 5.41) is 0.511. The standard InChI is InChI=1S/C9H11N3OS/c10-5-6-14(13)9-11-7-3-1-2-4-8(7)12-9/h1-4H,5-6,10H2,(H,11,12). The van der Waals surface area contributed by atoms with Crippen LogP contribution in [0.3, 0.4) is 0 Å². The molecule has 0 radical (unpaired) electrons. The fraction of sp³-hybridized carbons (Fsp3) is 0.222. The van der Waals surface area contributed by atoms with Gasteiger partial charge in [-0.3, -0.25) is 4.21 Å². The van der Waals surface area contributed by atoms with Crippen molar-refractivity contribution < 1.29 is 4.21 Å². The fourth-order valence-corrected chi connectivity index (χ4v) is 2.07. The summed E-state index contributed by atoms with van der Waals surface area (Å²) in [6.45, 7) is 0.406. The van der Waals surface area contributed by atoms with Crippen LogP contribution < -0.4 is 5.73 Å². The highest BCUT2D eigenvalue weighted by Crippen LogP contribution is 2.12. The van der Waals surface area contributed by atoms with Gasteiger partial charge in [0, 0.05) is 12.3 Å². The number of H-pyrrole nitrogens is 1. The Balaban J connectivity index is 2.40. The lowest BCUT2D eigenvalue weighted by molar-refractivity contribution is 0.677. The van der Waals surface area contributed by atoms with Crippen molar-refractivity contribution in [2.24, 2.45) is 5.73 Å². The van der Waals surface area contributed by atoms with Crippen LogP contribution in [0.4, 0.5) is 0 Å². The summed E-state index contributed by atoms with van der Waals surface area (Å²) in [4.78, 5) is 7.23. The van der Waals surface area contributed by atoms with Crippen LogP contribution in [-0.2, 0) is 10.8 Å². The minimum atomic E-state index is -1.11. The molecule has 3 N–H and O–H groups in total. The zero-order valence-corrected chi connectivity index (χ0v) is 8.38. The number of benzene rings is 1. The molecule has 1 heterocycles. The molecular weight excluding hydrogens is 198 g/mol. The Morgan fingerprint density at radius 1 is 1.43 bits per heavy atom. The zero-order valence-electron chi connectivity index (χ0n) is 7.56. The first kappa shape index (κ1) is 9.36. The highest BCUT2D eigenvalue weighted by atomic mass is 32.2. The van der Waals surface area contributed by atoms with E-state index in [1.165, 1.54) is 0 Å². The second-order valence-electron chi connectivity index (χ2n) is 2.90. The minimum Gasteiger partial charge on any atom is -0.331 e. The first-order valence-corrected chi connectivity index (χ1v) is 5.66. The zero-order chi connectivity index (χ0) is 9.97. The summed E-state index contributed by atoms with van der Waals surface area (Å²) in [5.74, 6) is 0.444. The summed E-state index contributed by atoms with van der Waals surface area (Å²) in [7, 11) is -1.11. The number of hydrogen-bond donors (Lipinski definition) is 2. The molecule has 5 heteroatoms. The van der Waals surface area contributed by atoms with Gasteiger partial charge in [-0.1, -0.05) is 12.1 Å². The van der Waals surface area contributed by atoms with Gasteiger partial charge in [0.25, 0.3) is 0 Å². The van der Waals surface area contributed by atoms with Crippen molar-refractivity contribution in [1.82, 2.24) is 9.97 Å². The SMILES string of the molecule is NCCS(=O)c1nc2ccccc2[nH]1. The summed E-state index contributed by atoms with van der Waals surface area (Å²) in [5.41, 5.74) is 7.08. The molecule has 0 aliphatic rings. The van der Waals surface area contributed by atoms with Crippen molar-refractivity contribution in [3.05, 3.63) is 24.3 Å². The number of nitrogens with two attached hydrogens (primary N) is 1. The van der Waals surface area contributed by atoms with E-state index in [1.54, 1.807) is 0 Å². The Morgan fingerprint density at radius 3 is 2.93 bits per heavy atom. The average Bonchev–Trinajstić information content (AvgIpc) is 2.61. The quantitative estimate of drug-likeness (QED) is 0.778. The molecule has 1 aromatic carbocycles. The van der Waals surface area contributed by atoms with Crippen molar-refractivity contribution in [1.29, 1.82) is 0 Å². The van der Waals surface area contributed by atoms with Crippen molar-refractivity contribution in [2.45, 2.75) is 5.16 Å². The van der Waals surface area contributed by atoms with Crippen LogP contribution in [0.25, 0.3) is 11.0 Å². The molecular formula is C9H11N3OS. The lowest BCUT2D eigenvalue weighted by Gasteiger charge is -1.92. The normalized spacial score (nSPS) is 13.2. The highest BCUT2D eigenvalue weighted by Gasteiger charge is 2.07. The number of hydrogen-bond acceptors (Lipinski definition) is 3. The Labute approximate surface area is 84.0 Å². The highest BCUT2D eigenvalue weighted by molar-refractivity contribution is 7.84. The smallest absolute Gasteiger partial charge is 0.197 e. The Morgan fingerprint density at radius 2 is 2.21 bits per heavy atom. The maximum atomic E-state index is 11.6. The van der Waals surface area contributed by atoms with E-state index in [9.17, 15) is 4.21 Å². The Kier molecular flexibility index (Phi) is 2.60. The molecule has 0 aliphatic carbocycles. The predicted octanol–water partition coefficient (Wildman–Crippen LogP) is 0.629. The first-order chi connectivity index (χ1) is 6.81. The van der Waals surface area contributed by atoms with E-state index in [4.69, 9.17) is 5.73 Å². The van der Waals surface area contributed by atoms with Gasteiger partial charge in [0.15, 0.2) is 5.16 Å². The van der Waals surface area contributed by atoms with E-state index in [2.05, 4.69) is 9.97 Å². The molecule has 0 saturated carbocycles. The molecule has 0 saturated heterocycles. The molecule has 1 unspecified atom stereocenters. The lowest BCUT2D eigenvalue weighted by atomic mass is 10.3. The molecule has 0 fully saturated rings. The monoisotopic (exact) mass is 209 g/mol. The number of imidazole rings is 1. The first-order valence-electron chi connectivity index (χ1n) is 4.34. The van der Waals surface area contributed by atoms with E-state index in [0.29, 0.717) is 17.5 Å². The fourth-order valence-electron chi connectivity index (χ4n) is 1.24. The molecule has 4 nitrogen and oxygen atoms in total. The summed E-state index contributed by atoms with van der Waals surface area (Å²) in [6.07, 6.45) is 0. The van der Waals surface area contributed by atoms with Gasteiger partial charge in [-0.2, -0.15) is 0 Å². The number of aromatic amines is 1. The Hall–Kier alpha value is -1.20. The van der Waals surface area contributed by atoms with Gasteiger partial charge in [-0.15, -0.1) is 0 Å². The molecule has 0 amide bonds. The van der Waals surface area contributed by atoms with E-state index in [-0.39, 0.29) is 0 Å². The molecule has 2 rings (SSSR count). The van der Waals surface area contributed by atoms with Crippen molar-refractivity contribution >= 4 is 21.8 Å². The van der Waals surface area contributed by atoms with Gasteiger partial charge < -0.3 is 10.7 Å². The molecule has 2 aromatic rings. The van der Waals surface area contributed by atoms with E-state index >= 15 is 0 Å². The topological polar surface area (TPSA) is 71.8 Å². The summed E-state index contributed by atoms with van der Waals surface area (Å²) >= 11 is 0. The maximum Gasteiger partial charge on any atom is 0.197 e. The van der Waals surface area contributed by atoms with Crippen LogP contribution in [0.1, 0.15) is 0 Å². The average molecular weight is 209 g/mol. The lowest BCUT2D eigenvalue weighted by Crippen LogP contribution is -2.11. The second-order valence-corrected chi connectivity index (χ2v) is 4.38. The summed E-state index contributed by atoms with van der Waals surface area (Å²) < 4.78 is 11.6. The Bertz CT molecular complexity index is 433. The van der Waals surface area contributed by atoms with Crippen LogP contribution >= 0.6 is 0 Å². The van der Waals surface area contributed by atoms with E-state index in [0.717, 1.165) is 11.0 Å². The van der Waals surface area contributed by atoms with E-state index < -0.39 is 10.8 Å². The molecule has 0 spiro atoms. The number of aromatic nitrogens is 2. The minimum absolute atomic E-state index is 0.406. The van der Waals surface area contributed by atoms with Crippen LogP contribution in [0, 0.1) is 0 Å². The number of rotatable bonds is 3. The number of nitrogens with one attached hydrogen (secondary N) is 1. The van der Waals surface area contributed by atoms with Crippen LogP contribution in [0.2, 0.25) is 0 Å². The van der Waals surface area contributed by atoms with Crippen LogP contribution in [0.5, 0.6) is 0 Å². The molecule has 14 heavy (non-hydrogen) atoms. The van der Waals surface area contributed by atoms with Gasteiger partial charge in [-0.05, 0) is 12.1 Å². The largest absolute Gasteiger partial charge is 0.331 e. The predicted molar refractivity (Wildman–Crippen MR) is 56.4 cm³/mol. The van der Waals surface area contributed by atoms with E-state index in [1.807, 2.05) is 24.3 Å². The number of nitrogens with zero attached hydrogens (tertiary/aromatic N) is 1. The maximum absolute atomic E-state index is 11.6.